The summed E-state index contributed by atoms with van der Waals surface area (Å²) in [5, 5.41) is 20.7. The number of benzene rings is 2. The molecule has 29 heavy (non-hydrogen) atoms. The van der Waals surface area contributed by atoms with Gasteiger partial charge in [0.2, 0.25) is 0 Å². The van der Waals surface area contributed by atoms with Gasteiger partial charge in [0.15, 0.2) is 0 Å². The normalized spacial score (nSPS) is 11.2. The van der Waals surface area contributed by atoms with E-state index in [1.807, 2.05) is 0 Å². The van der Waals surface area contributed by atoms with E-state index in [9.17, 15) is 20.0 Å². The molecule has 2 heterocycles. The van der Waals surface area contributed by atoms with E-state index in [0.717, 1.165) is 11.8 Å². The number of para-hydroxylation sites is 1. The van der Waals surface area contributed by atoms with Gasteiger partial charge in [-0.05, 0) is 42.0 Å². The largest absolute Gasteiger partial charge is 0.508 e. The van der Waals surface area contributed by atoms with Gasteiger partial charge in [0.25, 0.3) is 11.2 Å². The second kappa shape index (κ2) is 7.35. The molecule has 4 rings (SSSR count). The third-order valence-corrected chi connectivity index (χ3v) is 4.29. The molecule has 0 saturated carbocycles. The molecular weight excluding hydrogens is 372 g/mol. The van der Waals surface area contributed by atoms with Crippen molar-refractivity contribution in [1.29, 1.82) is 0 Å². The molecule has 0 aliphatic carbocycles. The highest BCUT2D eigenvalue weighted by atomic mass is 16.6. The Morgan fingerprint density at radius 1 is 1.00 bits per heavy atom. The fraction of sp³-hybridized carbons (Fsp3) is 0. The van der Waals surface area contributed by atoms with E-state index < -0.39 is 4.92 Å². The molecule has 0 bridgehead atoms. The van der Waals surface area contributed by atoms with E-state index in [2.05, 4.69) is 9.97 Å². The number of rotatable bonds is 4. The van der Waals surface area contributed by atoms with Crippen LogP contribution in [0.25, 0.3) is 28.9 Å². The third kappa shape index (κ3) is 3.59. The molecule has 2 aromatic heterocycles. The van der Waals surface area contributed by atoms with Crippen molar-refractivity contribution in [2.24, 2.45) is 0 Å². The van der Waals surface area contributed by atoms with E-state index in [1.54, 1.807) is 60.7 Å². The van der Waals surface area contributed by atoms with Crippen molar-refractivity contribution in [3.63, 3.8) is 0 Å². The van der Waals surface area contributed by atoms with Gasteiger partial charge < -0.3 is 5.11 Å². The number of hydrogen-bond acceptors (Lipinski definition) is 6. The van der Waals surface area contributed by atoms with Crippen molar-refractivity contribution in [3.8, 4) is 11.6 Å². The minimum absolute atomic E-state index is 0.151. The van der Waals surface area contributed by atoms with Crippen LogP contribution in [0.3, 0.4) is 0 Å². The zero-order valence-electron chi connectivity index (χ0n) is 15.0. The third-order valence-electron chi connectivity index (χ3n) is 4.29. The summed E-state index contributed by atoms with van der Waals surface area (Å²) >= 11 is 0. The maximum atomic E-state index is 13.1. The zero-order chi connectivity index (χ0) is 20.4. The zero-order valence-corrected chi connectivity index (χ0v) is 15.0. The molecule has 0 radical (unpaired) electrons. The molecule has 0 atom stereocenters. The first-order valence-electron chi connectivity index (χ1n) is 8.63. The quantitative estimate of drug-likeness (QED) is 0.424. The molecule has 0 aliphatic heterocycles. The van der Waals surface area contributed by atoms with Gasteiger partial charge in [0.1, 0.15) is 23.6 Å². The molecule has 0 amide bonds. The summed E-state index contributed by atoms with van der Waals surface area (Å²) < 4.78 is 1.31. The average molecular weight is 386 g/mol. The van der Waals surface area contributed by atoms with Crippen molar-refractivity contribution in [1.82, 2.24) is 14.5 Å². The van der Waals surface area contributed by atoms with E-state index in [1.165, 1.54) is 16.7 Å². The molecule has 142 valence electrons. The molecule has 4 aromatic rings. The molecule has 1 N–H and O–H groups in total. The first kappa shape index (κ1) is 18.1. The summed E-state index contributed by atoms with van der Waals surface area (Å²) in [6, 6.07) is 16.2. The number of pyridine rings is 1. The van der Waals surface area contributed by atoms with Crippen molar-refractivity contribution >= 4 is 28.7 Å². The van der Waals surface area contributed by atoms with Crippen LogP contribution in [0.4, 0.5) is 5.69 Å². The molecule has 0 spiro atoms. The molecular formula is C21H14N4O4. The standard InChI is InChI=1S/C21H14N4O4/c26-16-9-5-14(6-10-16)7-11-20-23-18-4-2-1-3-17(18)21(27)24(20)19-12-8-15(13-22-19)25(28)29/h1-13,26H/b11-7+. The highest BCUT2D eigenvalue weighted by Gasteiger charge is 2.13. The first-order chi connectivity index (χ1) is 14.0. The number of phenolic OH excluding ortho intramolecular Hbond substituents is 1. The van der Waals surface area contributed by atoms with Crippen LogP contribution in [-0.2, 0) is 0 Å². The Kier molecular flexibility index (Phi) is 4.58. The van der Waals surface area contributed by atoms with Crippen LogP contribution in [0.15, 0.2) is 71.7 Å². The summed E-state index contributed by atoms with van der Waals surface area (Å²) in [5.41, 5.74) is 0.827. The number of aromatic hydroxyl groups is 1. The second-order valence-electron chi connectivity index (χ2n) is 6.18. The lowest BCUT2D eigenvalue weighted by molar-refractivity contribution is -0.385. The minimum Gasteiger partial charge on any atom is -0.508 e. The Balaban J connectivity index is 1.89. The van der Waals surface area contributed by atoms with Crippen LogP contribution in [0.2, 0.25) is 0 Å². The molecule has 8 nitrogen and oxygen atoms in total. The van der Waals surface area contributed by atoms with Crippen LogP contribution >= 0.6 is 0 Å². The number of aromatic nitrogens is 3. The van der Waals surface area contributed by atoms with Crippen molar-refractivity contribution < 1.29 is 10.0 Å². The summed E-state index contributed by atoms with van der Waals surface area (Å²) in [4.78, 5) is 32.1. The highest BCUT2D eigenvalue weighted by molar-refractivity contribution is 5.80. The van der Waals surface area contributed by atoms with Gasteiger partial charge in [-0.2, -0.15) is 0 Å². The summed E-state index contributed by atoms with van der Waals surface area (Å²) in [5.74, 6) is 0.699. The number of hydrogen-bond donors (Lipinski definition) is 1. The summed E-state index contributed by atoms with van der Waals surface area (Å²) in [7, 11) is 0. The van der Waals surface area contributed by atoms with Gasteiger partial charge in [-0.25, -0.2) is 14.5 Å². The predicted molar refractivity (Wildman–Crippen MR) is 109 cm³/mol. The van der Waals surface area contributed by atoms with Gasteiger partial charge in [-0.15, -0.1) is 0 Å². The van der Waals surface area contributed by atoms with Crippen molar-refractivity contribution in [3.05, 3.63) is 98.7 Å². The molecule has 0 unspecified atom stereocenters. The van der Waals surface area contributed by atoms with Crippen LogP contribution in [0.1, 0.15) is 11.4 Å². The van der Waals surface area contributed by atoms with E-state index in [0.29, 0.717) is 16.7 Å². The fourth-order valence-corrected chi connectivity index (χ4v) is 2.86. The van der Waals surface area contributed by atoms with Gasteiger partial charge in [0, 0.05) is 6.07 Å². The van der Waals surface area contributed by atoms with Gasteiger partial charge >= 0.3 is 0 Å². The molecule has 0 aliphatic rings. The van der Waals surface area contributed by atoms with Gasteiger partial charge in [-0.3, -0.25) is 14.9 Å². The van der Waals surface area contributed by atoms with Crippen molar-refractivity contribution in [2.45, 2.75) is 0 Å². The minimum atomic E-state index is -0.552. The maximum absolute atomic E-state index is 13.1. The number of phenols is 1. The maximum Gasteiger partial charge on any atom is 0.287 e. The summed E-state index contributed by atoms with van der Waals surface area (Å²) in [6.07, 6.45) is 4.51. The Bertz CT molecular complexity index is 1290. The number of fused-ring (bicyclic) bond motifs is 1. The van der Waals surface area contributed by atoms with Crippen LogP contribution in [-0.4, -0.2) is 24.6 Å². The van der Waals surface area contributed by atoms with Crippen LogP contribution < -0.4 is 5.56 Å². The number of nitro groups is 1. The topological polar surface area (TPSA) is 111 Å². The average Bonchev–Trinajstić information content (AvgIpc) is 2.73. The Morgan fingerprint density at radius 3 is 2.45 bits per heavy atom. The lowest BCUT2D eigenvalue weighted by Gasteiger charge is -2.10. The van der Waals surface area contributed by atoms with Gasteiger partial charge in [0.05, 0.1) is 15.8 Å². The lowest BCUT2D eigenvalue weighted by Crippen LogP contribution is -2.23. The highest BCUT2D eigenvalue weighted by Crippen LogP contribution is 2.17. The smallest absolute Gasteiger partial charge is 0.287 e. The second-order valence-corrected chi connectivity index (χ2v) is 6.18. The molecule has 2 aromatic carbocycles. The Morgan fingerprint density at radius 2 is 1.76 bits per heavy atom. The van der Waals surface area contributed by atoms with Crippen LogP contribution in [0, 0.1) is 10.1 Å². The SMILES string of the molecule is O=c1c2ccccc2nc(/C=C/c2ccc(O)cc2)n1-c1ccc([N+](=O)[O-])cn1. The van der Waals surface area contributed by atoms with E-state index in [-0.39, 0.29) is 22.8 Å². The summed E-state index contributed by atoms with van der Waals surface area (Å²) in [6.45, 7) is 0. The van der Waals surface area contributed by atoms with Gasteiger partial charge in [-0.1, -0.05) is 30.3 Å². The predicted octanol–water partition coefficient (Wildman–Crippen LogP) is 3.56. The molecule has 8 heteroatoms. The Hall–Kier alpha value is -4.33. The monoisotopic (exact) mass is 386 g/mol. The molecule has 0 fully saturated rings. The number of nitrogens with zero attached hydrogens (tertiary/aromatic N) is 4. The van der Waals surface area contributed by atoms with E-state index in [4.69, 9.17) is 0 Å². The lowest BCUT2D eigenvalue weighted by atomic mass is 10.2. The Labute approximate surface area is 164 Å². The van der Waals surface area contributed by atoms with Crippen molar-refractivity contribution in [2.75, 3.05) is 0 Å². The van der Waals surface area contributed by atoms with E-state index >= 15 is 0 Å². The first-order valence-corrected chi connectivity index (χ1v) is 8.63. The molecule has 0 saturated heterocycles. The fourth-order valence-electron chi connectivity index (χ4n) is 2.86. The van der Waals surface area contributed by atoms with Crippen LogP contribution in [0.5, 0.6) is 5.75 Å².